The quantitative estimate of drug-likeness (QED) is 0.814. The van der Waals surface area contributed by atoms with E-state index in [2.05, 4.69) is 10.3 Å². The van der Waals surface area contributed by atoms with Crippen molar-refractivity contribution in [2.24, 2.45) is 0 Å². The number of carbonyl (C=O) groups is 2. The molecular formula is C13H17ClN2O3. The molecule has 0 aliphatic rings. The van der Waals surface area contributed by atoms with Gasteiger partial charge in [-0.1, -0.05) is 6.92 Å². The molecule has 5 nitrogen and oxygen atoms in total. The molecule has 0 saturated heterocycles. The third kappa shape index (κ3) is 3.92. The Balaban J connectivity index is 3.12. The normalized spacial score (nSPS) is 11.2. The zero-order valence-electron chi connectivity index (χ0n) is 11.2. The molecule has 19 heavy (non-hydrogen) atoms. The Morgan fingerprint density at radius 3 is 2.58 bits per heavy atom. The highest BCUT2D eigenvalue weighted by Gasteiger charge is 2.24. The Labute approximate surface area is 117 Å². The first-order valence-corrected chi connectivity index (χ1v) is 6.45. The van der Waals surface area contributed by atoms with E-state index >= 15 is 0 Å². The van der Waals surface area contributed by atoms with Crippen LogP contribution in [0, 0.1) is 0 Å². The summed E-state index contributed by atoms with van der Waals surface area (Å²) in [6.45, 7) is 5.65. The summed E-state index contributed by atoms with van der Waals surface area (Å²) in [7, 11) is 0. The molecule has 1 rings (SSSR count). The number of pyridine rings is 1. The van der Waals surface area contributed by atoms with Gasteiger partial charge in [0.15, 0.2) is 0 Å². The predicted molar refractivity (Wildman–Crippen MR) is 72.6 cm³/mol. The minimum atomic E-state index is -1.20. The number of amides is 1. The number of carboxylic acids is 1. The lowest BCUT2D eigenvalue weighted by Crippen LogP contribution is -2.43. The zero-order chi connectivity index (χ0) is 14.6. The molecule has 104 valence electrons. The summed E-state index contributed by atoms with van der Waals surface area (Å²) in [6, 6.07) is 1.37. The van der Waals surface area contributed by atoms with Gasteiger partial charge in [-0.2, -0.15) is 0 Å². The number of hydrogen-bond donors (Lipinski definition) is 2. The summed E-state index contributed by atoms with van der Waals surface area (Å²) in [5, 5.41) is 11.9. The molecule has 0 fully saturated rings. The first-order chi connectivity index (χ1) is 8.80. The van der Waals surface area contributed by atoms with E-state index in [0.717, 1.165) is 6.42 Å². The smallest absolute Gasteiger partial charge is 0.338 e. The SMILES string of the molecule is CCC(C)(C)NC(=O)c1ncc(CCl)cc1C(=O)O. The van der Waals surface area contributed by atoms with Crippen molar-refractivity contribution in [3.05, 3.63) is 29.1 Å². The van der Waals surface area contributed by atoms with Crippen LogP contribution in [0.2, 0.25) is 0 Å². The van der Waals surface area contributed by atoms with Crippen molar-refractivity contribution in [1.82, 2.24) is 10.3 Å². The number of carboxylic acid groups (broad SMARTS) is 1. The average molecular weight is 285 g/mol. The Morgan fingerprint density at radius 2 is 2.11 bits per heavy atom. The topological polar surface area (TPSA) is 79.3 Å². The lowest BCUT2D eigenvalue weighted by Gasteiger charge is -2.24. The van der Waals surface area contributed by atoms with Gasteiger partial charge in [-0.3, -0.25) is 4.79 Å². The van der Waals surface area contributed by atoms with Crippen molar-refractivity contribution < 1.29 is 14.7 Å². The van der Waals surface area contributed by atoms with Crippen LogP contribution in [0.1, 0.15) is 53.6 Å². The Bertz CT molecular complexity index is 501. The lowest BCUT2D eigenvalue weighted by atomic mass is 10.0. The molecule has 0 aliphatic heterocycles. The van der Waals surface area contributed by atoms with Crippen LogP contribution in [0.4, 0.5) is 0 Å². The van der Waals surface area contributed by atoms with Gasteiger partial charge in [-0.25, -0.2) is 9.78 Å². The molecule has 0 aliphatic carbocycles. The monoisotopic (exact) mass is 284 g/mol. The molecule has 0 bridgehead atoms. The van der Waals surface area contributed by atoms with Crippen molar-refractivity contribution >= 4 is 23.5 Å². The third-order valence-electron chi connectivity index (χ3n) is 2.88. The fourth-order valence-electron chi connectivity index (χ4n) is 1.38. The molecule has 0 unspecified atom stereocenters. The van der Waals surface area contributed by atoms with Crippen LogP contribution in [-0.4, -0.2) is 27.5 Å². The fraction of sp³-hybridized carbons (Fsp3) is 0.462. The van der Waals surface area contributed by atoms with Gasteiger partial charge in [0.05, 0.1) is 5.56 Å². The van der Waals surface area contributed by atoms with Gasteiger partial charge in [0.1, 0.15) is 5.69 Å². The maximum atomic E-state index is 12.1. The summed E-state index contributed by atoms with van der Waals surface area (Å²) in [6.07, 6.45) is 2.13. The first-order valence-electron chi connectivity index (χ1n) is 5.91. The van der Waals surface area contributed by atoms with E-state index in [-0.39, 0.29) is 17.1 Å². The van der Waals surface area contributed by atoms with Crippen LogP contribution >= 0.6 is 11.6 Å². The highest BCUT2D eigenvalue weighted by atomic mass is 35.5. The number of halogens is 1. The largest absolute Gasteiger partial charge is 0.478 e. The number of nitrogens with zero attached hydrogens (tertiary/aromatic N) is 1. The number of hydrogen-bond acceptors (Lipinski definition) is 3. The summed E-state index contributed by atoms with van der Waals surface area (Å²) in [5.41, 5.74) is -0.0875. The second-order valence-corrected chi connectivity index (χ2v) is 5.14. The van der Waals surface area contributed by atoms with Crippen molar-refractivity contribution in [2.75, 3.05) is 0 Å². The molecule has 0 aromatic carbocycles. The summed E-state index contributed by atoms with van der Waals surface area (Å²) >= 11 is 5.63. The summed E-state index contributed by atoms with van der Waals surface area (Å²) < 4.78 is 0. The van der Waals surface area contributed by atoms with E-state index in [1.165, 1.54) is 12.3 Å². The molecule has 0 radical (unpaired) electrons. The Morgan fingerprint density at radius 1 is 1.47 bits per heavy atom. The highest BCUT2D eigenvalue weighted by Crippen LogP contribution is 2.14. The summed E-state index contributed by atoms with van der Waals surface area (Å²) in [5.74, 6) is -1.54. The van der Waals surface area contributed by atoms with Gasteiger partial charge in [-0.15, -0.1) is 11.6 Å². The standard InChI is InChI=1S/C13H17ClN2O3/c1-4-13(2,3)16-11(17)10-9(12(18)19)5-8(6-14)7-15-10/h5,7H,4,6H2,1-3H3,(H,16,17)(H,18,19). The van der Waals surface area contributed by atoms with Gasteiger partial charge in [0.2, 0.25) is 0 Å². The second-order valence-electron chi connectivity index (χ2n) is 4.87. The molecule has 0 atom stereocenters. The van der Waals surface area contributed by atoms with Crippen LogP contribution in [-0.2, 0) is 5.88 Å². The van der Waals surface area contributed by atoms with E-state index < -0.39 is 17.4 Å². The van der Waals surface area contributed by atoms with Crippen LogP contribution in [0.25, 0.3) is 0 Å². The second kappa shape index (κ2) is 6.02. The van der Waals surface area contributed by atoms with Gasteiger partial charge < -0.3 is 10.4 Å². The van der Waals surface area contributed by atoms with Crippen molar-refractivity contribution in [3.63, 3.8) is 0 Å². The van der Waals surface area contributed by atoms with Gasteiger partial charge in [0, 0.05) is 17.6 Å². The van der Waals surface area contributed by atoms with Crippen molar-refractivity contribution in [2.45, 2.75) is 38.6 Å². The van der Waals surface area contributed by atoms with Gasteiger partial charge in [0.25, 0.3) is 5.91 Å². The molecule has 0 saturated carbocycles. The minimum absolute atomic E-state index is 0.0945. The van der Waals surface area contributed by atoms with Crippen LogP contribution < -0.4 is 5.32 Å². The zero-order valence-corrected chi connectivity index (χ0v) is 11.9. The first kappa shape index (κ1) is 15.4. The summed E-state index contributed by atoms with van der Waals surface area (Å²) in [4.78, 5) is 27.2. The van der Waals surface area contributed by atoms with Crippen molar-refractivity contribution in [1.29, 1.82) is 0 Å². The molecule has 2 N–H and O–H groups in total. The maximum Gasteiger partial charge on any atom is 0.338 e. The van der Waals surface area contributed by atoms with Crippen LogP contribution in [0.5, 0.6) is 0 Å². The average Bonchev–Trinajstić information content (AvgIpc) is 2.37. The van der Waals surface area contributed by atoms with Crippen molar-refractivity contribution in [3.8, 4) is 0 Å². The molecule has 1 amide bonds. The molecule has 6 heteroatoms. The van der Waals surface area contributed by atoms with Gasteiger partial charge in [-0.05, 0) is 31.9 Å². The predicted octanol–water partition coefficient (Wildman–Crippen LogP) is 2.44. The number of rotatable bonds is 5. The Hall–Kier alpha value is -1.62. The van der Waals surface area contributed by atoms with E-state index in [9.17, 15) is 9.59 Å². The van der Waals surface area contributed by atoms with Crippen LogP contribution in [0.15, 0.2) is 12.3 Å². The van der Waals surface area contributed by atoms with E-state index in [1.807, 2.05) is 20.8 Å². The highest BCUT2D eigenvalue weighted by molar-refractivity contribution is 6.17. The number of aromatic nitrogens is 1. The fourth-order valence-corrected chi connectivity index (χ4v) is 1.53. The molecule has 1 aromatic rings. The van der Waals surface area contributed by atoms with E-state index in [1.54, 1.807) is 0 Å². The number of carbonyl (C=O) groups excluding carboxylic acids is 1. The molecular weight excluding hydrogens is 268 g/mol. The number of aromatic carboxylic acids is 1. The van der Waals surface area contributed by atoms with Gasteiger partial charge >= 0.3 is 5.97 Å². The maximum absolute atomic E-state index is 12.1. The van der Waals surface area contributed by atoms with E-state index in [0.29, 0.717) is 5.56 Å². The molecule has 1 heterocycles. The number of nitrogens with one attached hydrogen (secondary N) is 1. The molecule has 1 aromatic heterocycles. The van der Waals surface area contributed by atoms with E-state index in [4.69, 9.17) is 16.7 Å². The third-order valence-corrected chi connectivity index (χ3v) is 3.19. The minimum Gasteiger partial charge on any atom is -0.478 e. The number of alkyl halides is 1. The lowest BCUT2D eigenvalue weighted by molar-refractivity contribution is 0.0688. The Kier molecular flexibility index (Phi) is 4.89. The van der Waals surface area contributed by atoms with Crippen LogP contribution in [0.3, 0.4) is 0 Å². The molecule has 0 spiro atoms.